The van der Waals surface area contributed by atoms with Crippen LogP contribution in [0.3, 0.4) is 0 Å². The van der Waals surface area contributed by atoms with E-state index in [0.29, 0.717) is 23.0 Å². The zero-order valence-corrected chi connectivity index (χ0v) is 18.4. The maximum Gasteiger partial charge on any atom is 0.275 e. The Kier molecular flexibility index (Phi) is 6.45. The van der Waals surface area contributed by atoms with Gasteiger partial charge in [-0.25, -0.2) is 4.68 Å². The highest BCUT2D eigenvalue weighted by Crippen LogP contribution is 2.29. The molecule has 0 aliphatic rings. The Balaban J connectivity index is 1.83. The molecule has 0 fully saturated rings. The quantitative estimate of drug-likeness (QED) is 0.416. The van der Waals surface area contributed by atoms with E-state index in [4.69, 9.17) is 0 Å². The predicted molar refractivity (Wildman–Crippen MR) is 128 cm³/mol. The minimum absolute atomic E-state index is 0.157. The van der Waals surface area contributed by atoms with Crippen molar-refractivity contribution in [2.75, 3.05) is 7.05 Å². The third-order valence-corrected chi connectivity index (χ3v) is 5.73. The van der Waals surface area contributed by atoms with Crippen LogP contribution in [0.4, 0.5) is 0 Å². The maximum absolute atomic E-state index is 13.8. The highest BCUT2D eigenvalue weighted by molar-refractivity contribution is 6.05. The summed E-state index contributed by atoms with van der Waals surface area (Å²) >= 11 is 0. The number of aryl methyl sites for hydroxylation is 1. The number of rotatable bonds is 7. The monoisotopic (exact) mass is 425 g/mol. The first-order valence-electron chi connectivity index (χ1n) is 11.0. The van der Waals surface area contributed by atoms with E-state index >= 15 is 0 Å². The van der Waals surface area contributed by atoms with Gasteiger partial charge in [0.25, 0.3) is 11.5 Å². The number of nitrogens with zero attached hydrogens (tertiary/aromatic N) is 3. The molecule has 1 amide bonds. The van der Waals surface area contributed by atoms with Crippen LogP contribution in [0.15, 0.2) is 89.7 Å². The summed E-state index contributed by atoms with van der Waals surface area (Å²) in [5.74, 6) is -0.218. The molecule has 32 heavy (non-hydrogen) atoms. The van der Waals surface area contributed by atoms with Gasteiger partial charge in [0.1, 0.15) is 0 Å². The van der Waals surface area contributed by atoms with Crippen LogP contribution in [0, 0.1) is 0 Å². The van der Waals surface area contributed by atoms with Crippen molar-refractivity contribution in [3.8, 4) is 0 Å². The second-order valence-corrected chi connectivity index (χ2v) is 7.92. The molecule has 0 spiro atoms. The van der Waals surface area contributed by atoms with Gasteiger partial charge in [0.2, 0.25) is 0 Å². The number of hydrogen-bond acceptors (Lipinski definition) is 3. The first kappa shape index (κ1) is 21.5. The van der Waals surface area contributed by atoms with Gasteiger partial charge in [0, 0.05) is 19.0 Å². The number of fused-ring (bicyclic) bond motifs is 1. The van der Waals surface area contributed by atoms with Gasteiger partial charge < -0.3 is 4.90 Å². The van der Waals surface area contributed by atoms with E-state index in [1.165, 1.54) is 4.68 Å². The first-order valence-corrected chi connectivity index (χ1v) is 11.0. The van der Waals surface area contributed by atoms with Gasteiger partial charge in [-0.3, -0.25) is 9.59 Å². The fourth-order valence-electron chi connectivity index (χ4n) is 4.05. The van der Waals surface area contributed by atoms with Crippen molar-refractivity contribution in [1.29, 1.82) is 0 Å². The van der Waals surface area contributed by atoms with Crippen LogP contribution in [0.2, 0.25) is 0 Å². The number of carbonyl (C=O) groups is 1. The van der Waals surface area contributed by atoms with E-state index < -0.39 is 0 Å². The number of aromatic nitrogens is 2. The van der Waals surface area contributed by atoms with Crippen molar-refractivity contribution in [2.45, 2.75) is 32.4 Å². The number of benzene rings is 3. The average molecular weight is 426 g/mol. The molecule has 5 nitrogen and oxygen atoms in total. The average Bonchev–Trinajstić information content (AvgIpc) is 2.85. The van der Waals surface area contributed by atoms with E-state index in [1.54, 1.807) is 24.1 Å². The number of carbonyl (C=O) groups excluding carboxylic acids is 1. The lowest BCUT2D eigenvalue weighted by Crippen LogP contribution is -2.35. The lowest BCUT2D eigenvalue weighted by Gasteiger charge is -2.29. The third-order valence-electron chi connectivity index (χ3n) is 5.73. The Labute approximate surface area is 187 Å². The highest BCUT2D eigenvalue weighted by atomic mass is 16.2. The van der Waals surface area contributed by atoms with Crippen LogP contribution in [-0.4, -0.2) is 27.6 Å². The van der Waals surface area contributed by atoms with Crippen molar-refractivity contribution >= 4 is 16.7 Å². The Morgan fingerprint density at radius 2 is 1.41 bits per heavy atom. The van der Waals surface area contributed by atoms with Crippen LogP contribution < -0.4 is 5.56 Å². The molecule has 0 saturated heterocycles. The molecule has 5 heteroatoms. The molecule has 0 N–H and O–H groups in total. The number of hydrogen-bond donors (Lipinski definition) is 0. The molecular weight excluding hydrogens is 398 g/mol. The minimum atomic E-state index is -0.276. The molecule has 0 radical (unpaired) electrons. The Bertz CT molecular complexity index is 1230. The standard InChI is InChI=1S/C27H27N3O2/c1-3-4-19-30-26(31)23-18-12-11-17-22(23)24(28-30)27(32)29(2)25(20-13-7-5-8-14-20)21-15-9-6-10-16-21/h5-18,25H,3-4,19H2,1-2H3. The van der Waals surface area contributed by atoms with Crippen LogP contribution in [-0.2, 0) is 6.54 Å². The van der Waals surface area contributed by atoms with E-state index in [1.807, 2.05) is 72.8 Å². The molecule has 1 aromatic heterocycles. The summed E-state index contributed by atoms with van der Waals surface area (Å²) < 4.78 is 1.44. The fourth-order valence-corrected chi connectivity index (χ4v) is 4.05. The Morgan fingerprint density at radius 3 is 1.97 bits per heavy atom. The van der Waals surface area contributed by atoms with E-state index in [-0.39, 0.29) is 17.5 Å². The fraction of sp³-hybridized carbons (Fsp3) is 0.222. The molecular formula is C27H27N3O2. The van der Waals surface area contributed by atoms with Crippen molar-refractivity contribution in [3.05, 3.63) is 112 Å². The summed E-state index contributed by atoms with van der Waals surface area (Å²) in [6, 6.07) is 26.9. The second-order valence-electron chi connectivity index (χ2n) is 7.92. The summed E-state index contributed by atoms with van der Waals surface area (Å²) in [6.07, 6.45) is 1.76. The number of amides is 1. The van der Waals surface area contributed by atoms with Crippen molar-refractivity contribution in [3.63, 3.8) is 0 Å². The molecule has 0 aliphatic carbocycles. The molecule has 0 unspecified atom stereocenters. The molecule has 0 atom stereocenters. The van der Waals surface area contributed by atoms with Crippen LogP contribution in [0.5, 0.6) is 0 Å². The maximum atomic E-state index is 13.8. The smallest absolute Gasteiger partial charge is 0.275 e. The highest BCUT2D eigenvalue weighted by Gasteiger charge is 2.27. The van der Waals surface area contributed by atoms with Crippen LogP contribution in [0.25, 0.3) is 10.8 Å². The molecule has 4 aromatic rings. The first-order chi connectivity index (χ1) is 15.6. The van der Waals surface area contributed by atoms with Gasteiger partial charge in [0.05, 0.1) is 11.4 Å². The van der Waals surface area contributed by atoms with E-state index in [9.17, 15) is 9.59 Å². The zero-order valence-electron chi connectivity index (χ0n) is 18.4. The Morgan fingerprint density at radius 1 is 0.875 bits per heavy atom. The molecule has 0 aliphatic heterocycles. The van der Waals surface area contributed by atoms with Gasteiger partial charge >= 0.3 is 0 Å². The second kappa shape index (κ2) is 9.60. The normalized spacial score (nSPS) is 11.1. The van der Waals surface area contributed by atoms with Gasteiger partial charge in [-0.2, -0.15) is 5.10 Å². The zero-order chi connectivity index (χ0) is 22.5. The van der Waals surface area contributed by atoms with Gasteiger partial charge in [-0.15, -0.1) is 0 Å². The van der Waals surface area contributed by atoms with Crippen LogP contribution in [0.1, 0.15) is 47.4 Å². The summed E-state index contributed by atoms with van der Waals surface area (Å²) in [6.45, 7) is 2.56. The summed E-state index contributed by atoms with van der Waals surface area (Å²) in [5, 5.41) is 5.65. The Hall–Kier alpha value is -3.73. The number of unbranched alkanes of at least 4 members (excludes halogenated alkanes) is 1. The molecule has 162 valence electrons. The van der Waals surface area contributed by atoms with Gasteiger partial charge in [-0.1, -0.05) is 92.2 Å². The van der Waals surface area contributed by atoms with Crippen molar-refractivity contribution < 1.29 is 4.79 Å². The van der Waals surface area contributed by atoms with Crippen molar-refractivity contribution in [1.82, 2.24) is 14.7 Å². The van der Waals surface area contributed by atoms with Gasteiger partial charge in [-0.05, 0) is 23.6 Å². The summed E-state index contributed by atoms with van der Waals surface area (Å²) in [4.78, 5) is 28.5. The third kappa shape index (κ3) is 4.19. The topological polar surface area (TPSA) is 55.2 Å². The molecule has 1 heterocycles. The lowest BCUT2D eigenvalue weighted by molar-refractivity contribution is 0.0748. The lowest BCUT2D eigenvalue weighted by atomic mass is 9.97. The molecule has 3 aromatic carbocycles. The molecule has 0 bridgehead atoms. The molecule has 4 rings (SSSR count). The van der Waals surface area contributed by atoms with Gasteiger partial charge in [0.15, 0.2) is 5.69 Å². The van der Waals surface area contributed by atoms with E-state index in [0.717, 1.165) is 24.0 Å². The SMILES string of the molecule is CCCCn1nc(C(=O)N(C)C(c2ccccc2)c2ccccc2)c2ccccc2c1=O. The largest absolute Gasteiger partial charge is 0.329 e. The van der Waals surface area contributed by atoms with E-state index in [2.05, 4.69) is 12.0 Å². The van der Waals surface area contributed by atoms with Crippen molar-refractivity contribution in [2.24, 2.45) is 0 Å². The van der Waals surface area contributed by atoms with Crippen LogP contribution >= 0.6 is 0 Å². The predicted octanol–water partition coefficient (Wildman–Crippen LogP) is 5.06. The summed E-state index contributed by atoms with van der Waals surface area (Å²) in [5.41, 5.74) is 2.17. The minimum Gasteiger partial charge on any atom is -0.329 e. The molecule has 0 saturated carbocycles. The summed E-state index contributed by atoms with van der Waals surface area (Å²) in [7, 11) is 1.80.